The second-order valence-electron chi connectivity index (χ2n) is 5.84. The van der Waals surface area contributed by atoms with Crippen LogP contribution in [-0.4, -0.2) is 35.3 Å². The van der Waals surface area contributed by atoms with Gasteiger partial charge in [0.05, 0.1) is 24.4 Å². The van der Waals surface area contributed by atoms with E-state index in [4.69, 9.17) is 14.4 Å². The molecule has 5 heteroatoms. The maximum absolute atomic E-state index is 10.2. The molecule has 0 radical (unpaired) electrons. The molecule has 0 amide bonds. The lowest BCUT2D eigenvalue weighted by Crippen LogP contribution is -2.36. The second kappa shape index (κ2) is 7.32. The van der Waals surface area contributed by atoms with Crippen molar-refractivity contribution < 1.29 is 14.3 Å². The predicted octanol–water partition coefficient (Wildman–Crippen LogP) is 2.56. The lowest BCUT2D eigenvalue weighted by atomic mass is 10.2. The highest BCUT2D eigenvalue weighted by atomic mass is 16.5. The molecule has 1 unspecified atom stereocenters. The SMILES string of the molecule is N#Cc1ccc(OCC(O)CN(Cc2ccco2)C2CC2)cc1. The molecule has 1 heterocycles. The molecule has 1 aliphatic rings. The normalized spacial score (nSPS) is 15.3. The minimum atomic E-state index is -0.568. The van der Waals surface area contributed by atoms with Crippen LogP contribution in [0.15, 0.2) is 47.1 Å². The quantitative estimate of drug-likeness (QED) is 0.811. The summed E-state index contributed by atoms with van der Waals surface area (Å²) in [5, 5.41) is 19.0. The summed E-state index contributed by atoms with van der Waals surface area (Å²) < 4.78 is 11.0. The molecule has 1 aliphatic carbocycles. The topological polar surface area (TPSA) is 69.6 Å². The number of hydrogen-bond acceptors (Lipinski definition) is 5. The molecule has 1 saturated carbocycles. The zero-order chi connectivity index (χ0) is 16.1. The summed E-state index contributed by atoms with van der Waals surface area (Å²) in [6, 6.07) is 13.3. The predicted molar refractivity (Wildman–Crippen MR) is 84.8 cm³/mol. The number of rotatable bonds is 8. The molecule has 0 saturated heterocycles. The van der Waals surface area contributed by atoms with Crippen LogP contribution >= 0.6 is 0 Å². The molecule has 5 nitrogen and oxygen atoms in total. The smallest absolute Gasteiger partial charge is 0.119 e. The van der Waals surface area contributed by atoms with Crippen LogP contribution in [-0.2, 0) is 6.54 Å². The lowest BCUT2D eigenvalue weighted by molar-refractivity contribution is 0.0602. The molecule has 2 aromatic rings. The van der Waals surface area contributed by atoms with Crippen LogP contribution in [0.4, 0.5) is 0 Å². The third-order valence-corrected chi connectivity index (χ3v) is 3.87. The first-order chi connectivity index (χ1) is 11.2. The van der Waals surface area contributed by atoms with E-state index in [0.717, 1.165) is 5.76 Å². The fourth-order valence-electron chi connectivity index (χ4n) is 2.53. The average Bonchev–Trinajstić information content (AvgIpc) is 3.30. The Bertz CT molecular complexity index is 642. The van der Waals surface area contributed by atoms with E-state index in [1.54, 1.807) is 30.5 Å². The lowest BCUT2D eigenvalue weighted by Gasteiger charge is -2.24. The first kappa shape index (κ1) is 15.6. The van der Waals surface area contributed by atoms with E-state index in [9.17, 15) is 5.11 Å². The largest absolute Gasteiger partial charge is 0.491 e. The van der Waals surface area contributed by atoms with Gasteiger partial charge in [-0.1, -0.05) is 0 Å². The average molecular weight is 312 g/mol. The minimum Gasteiger partial charge on any atom is -0.491 e. The second-order valence-corrected chi connectivity index (χ2v) is 5.84. The number of aliphatic hydroxyl groups excluding tert-OH is 1. The maximum Gasteiger partial charge on any atom is 0.119 e. The summed E-state index contributed by atoms with van der Waals surface area (Å²) >= 11 is 0. The fourth-order valence-corrected chi connectivity index (χ4v) is 2.53. The van der Waals surface area contributed by atoms with Gasteiger partial charge in [-0.3, -0.25) is 4.90 Å². The van der Waals surface area contributed by atoms with Crippen LogP contribution in [0, 0.1) is 11.3 Å². The minimum absolute atomic E-state index is 0.229. The van der Waals surface area contributed by atoms with Crippen molar-refractivity contribution in [2.24, 2.45) is 0 Å². The first-order valence-electron chi connectivity index (χ1n) is 7.82. The van der Waals surface area contributed by atoms with E-state index < -0.39 is 6.10 Å². The third kappa shape index (κ3) is 4.59. The number of furan rings is 1. The molecule has 1 N–H and O–H groups in total. The van der Waals surface area contributed by atoms with Crippen molar-refractivity contribution in [2.45, 2.75) is 31.5 Å². The maximum atomic E-state index is 10.2. The molecule has 1 aromatic carbocycles. The molecular weight excluding hydrogens is 292 g/mol. The van der Waals surface area contributed by atoms with E-state index in [1.165, 1.54) is 12.8 Å². The Hall–Kier alpha value is -2.29. The van der Waals surface area contributed by atoms with Gasteiger partial charge in [-0.05, 0) is 49.2 Å². The van der Waals surface area contributed by atoms with Gasteiger partial charge in [0.1, 0.15) is 24.2 Å². The van der Waals surface area contributed by atoms with Crippen molar-refractivity contribution in [3.8, 4) is 11.8 Å². The third-order valence-electron chi connectivity index (χ3n) is 3.87. The molecule has 3 rings (SSSR count). The Morgan fingerprint density at radius 2 is 2.09 bits per heavy atom. The van der Waals surface area contributed by atoms with Crippen molar-refractivity contribution in [1.29, 1.82) is 5.26 Å². The van der Waals surface area contributed by atoms with Gasteiger partial charge in [-0.15, -0.1) is 0 Å². The van der Waals surface area contributed by atoms with E-state index in [0.29, 0.717) is 30.4 Å². The summed E-state index contributed by atoms with van der Waals surface area (Å²) in [6.07, 6.45) is 3.44. The highest BCUT2D eigenvalue weighted by Crippen LogP contribution is 2.28. The van der Waals surface area contributed by atoms with Gasteiger partial charge in [0.25, 0.3) is 0 Å². The molecule has 0 aliphatic heterocycles. The van der Waals surface area contributed by atoms with Gasteiger partial charge in [-0.25, -0.2) is 0 Å². The summed E-state index contributed by atoms with van der Waals surface area (Å²) in [5.41, 5.74) is 0.594. The Morgan fingerprint density at radius 3 is 2.70 bits per heavy atom. The molecule has 1 fully saturated rings. The van der Waals surface area contributed by atoms with Gasteiger partial charge in [0.15, 0.2) is 0 Å². The van der Waals surface area contributed by atoms with Crippen LogP contribution < -0.4 is 4.74 Å². The van der Waals surface area contributed by atoms with Crippen LogP contribution in [0.1, 0.15) is 24.2 Å². The monoisotopic (exact) mass is 312 g/mol. The van der Waals surface area contributed by atoms with Crippen LogP contribution in [0.3, 0.4) is 0 Å². The van der Waals surface area contributed by atoms with Crippen LogP contribution in [0.2, 0.25) is 0 Å². The van der Waals surface area contributed by atoms with Gasteiger partial charge >= 0.3 is 0 Å². The Balaban J connectivity index is 1.48. The molecule has 1 atom stereocenters. The van der Waals surface area contributed by atoms with Gasteiger partial charge in [0.2, 0.25) is 0 Å². The van der Waals surface area contributed by atoms with Gasteiger partial charge in [0, 0.05) is 12.6 Å². The number of nitriles is 1. The zero-order valence-corrected chi connectivity index (χ0v) is 12.9. The zero-order valence-electron chi connectivity index (χ0n) is 12.9. The number of aliphatic hydroxyl groups is 1. The van der Waals surface area contributed by atoms with Crippen molar-refractivity contribution in [3.63, 3.8) is 0 Å². The molecule has 0 bridgehead atoms. The van der Waals surface area contributed by atoms with Crippen LogP contribution in [0.25, 0.3) is 0 Å². The van der Waals surface area contributed by atoms with Crippen molar-refractivity contribution >= 4 is 0 Å². The molecule has 0 spiro atoms. The van der Waals surface area contributed by atoms with Gasteiger partial charge < -0.3 is 14.3 Å². The molecule has 1 aromatic heterocycles. The van der Waals surface area contributed by atoms with E-state index in [1.807, 2.05) is 12.1 Å². The van der Waals surface area contributed by atoms with E-state index >= 15 is 0 Å². The van der Waals surface area contributed by atoms with Crippen molar-refractivity contribution in [1.82, 2.24) is 4.90 Å². The summed E-state index contributed by atoms with van der Waals surface area (Å²) in [6.45, 7) is 1.50. The highest BCUT2D eigenvalue weighted by Gasteiger charge is 2.30. The summed E-state index contributed by atoms with van der Waals surface area (Å²) in [4.78, 5) is 2.24. The number of benzene rings is 1. The van der Waals surface area contributed by atoms with E-state index in [2.05, 4.69) is 11.0 Å². The Morgan fingerprint density at radius 1 is 1.30 bits per heavy atom. The first-order valence-corrected chi connectivity index (χ1v) is 7.82. The Kier molecular flexibility index (Phi) is 4.96. The molecular formula is C18H20N2O3. The van der Waals surface area contributed by atoms with Crippen molar-refractivity contribution in [3.05, 3.63) is 54.0 Å². The molecule has 23 heavy (non-hydrogen) atoms. The standard InChI is InChI=1S/C18H20N2O3/c19-10-14-3-7-17(8-4-14)23-13-16(21)11-20(15-5-6-15)12-18-2-1-9-22-18/h1-4,7-9,15-16,21H,5-6,11-13H2. The number of nitrogens with zero attached hydrogens (tertiary/aromatic N) is 2. The number of hydrogen-bond donors (Lipinski definition) is 1. The summed E-state index contributed by atoms with van der Waals surface area (Å²) in [7, 11) is 0. The summed E-state index contributed by atoms with van der Waals surface area (Å²) in [5.74, 6) is 1.57. The number of ether oxygens (including phenoxy) is 1. The van der Waals surface area contributed by atoms with Crippen LogP contribution in [0.5, 0.6) is 5.75 Å². The van der Waals surface area contributed by atoms with Crippen molar-refractivity contribution in [2.75, 3.05) is 13.2 Å². The molecule has 120 valence electrons. The van der Waals surface area contributed by atoms with Gasteiger partial charge in [-0.2, -0.15) is 5.26 Å². The van der Waals surface area contributed by atoms with E-state index in [-0.39, 0.29) is 6.61 Å². The highest BCUT2D eigenvalue weighted by molar-refractivity contribution is 5.34. The Labute approximate surface area is 135 Å². The fraction of sp³-hybridized carbons (Fsp3) is 0.389.